The van der Waals surface area contributed by atoms with Crippen molar-refractivity contribution in [3.8, 4) is 11.1 Å². The van der Waals surface area contributed by atoms with Gasteiger partial charge in [0.05, 0.1) is 0 Å². The monoisotopic (exact) mass is 627 g/mol. The van der Waals surface area contributed by atoms with Crippen LogP contribution in [-0.2, 0) is 0 Å². The Morgan fingerprint density at radius 3 is 1.71 bits per heavy atom. The fourth-order valence-corrected chi connectivity index (χ4v) is 8.69. The number of hydrogen-bond acceptors (Lipinski definition) is 2. The molecule has 10 rings (SSSR count). The molecule has 0 amide bonds. The Balaban J connectivity index is 1.20. The first-order valence-corrected chi connectivity index (χ1v) is 17.2. The first kappa shape index (κ1) is 27.2. The Labute approximate surface area is 282 Å². The second-order valence-corrected chi connectivity index (χ2v) is 13.6. The Bertz CT molecular complexity index is 2850. The molecule has 0 fully saturated rings. The number of fused-ring (bicyclic) bond motifs is 10. The van der Waals surface area contributed by atoms with Gasteiger partial charge >= 0.3 is 0 Å². The van der Waals surface area contributed by atoms with E-state index in [0.29, 0.717) is 0 Å². The molecule has 48 heavy (non-hydrogen) atoms. The van der Waals surface area contributed by atoms with Gasteiger partial charge in [0.2, 0.25) is 0 Å². The van der Waals surface area contributed by atoms with Crippen LogP contribution in [0.5, 0.6) is 0 Å². The largest absolute Gasteiger partial charge is 0.310 e. The van der Waals surface area contributed by atoms with E-state index in [4.69, 9.17) is 0 Å². The van der Waals surface area contributed by atoms with Crippen molar-refractivity contribution in [2.75, 3.05) is 4.90 Å². The van der Waals surface area contributed by atoms with Crippen LogP contribution >= 0.6 is 11.3 Å². The van der Waals surface area contributed by atoms with Gasteiger partial charge in [0.25, 0.3) is 0 Å². The van der Waals surface area contributed by atoms with E-state index in [1.165, 1.54) is 74.4 Å². The molecule has 0 saturated carbocycles. The molecule has 0 unspecified atom stereocenters. The zero-order chi connectivity index (χ0) is 31.6. The second-order valence-electron chi connectivity index (χ2n) is 12.5. The number of benzene rings is 9. The minimum Gasteiger partial charge on any atom is -0.310 e. The third kappa shape index (κ3) is 4.31. The lowest BCUT2D eigenvalue weighted by atomic mass is 9.96. The van der Waals surface area contributed by atoms with E-state index in [9.17, 15) is 0 Å². The highest BCUT2D eigenvalue weighted by Crippen LogP contribution is 2.44. The van der Waals surface area contributed by atoms with Crippen molar-refractivity contribution in [1.82, 2.24) is 0 Å². The second kappa shape index (κ2) is 10.8. The molecule has 2 heteroatoms. The summed E-state index contributed by atoms with van der Waals surface area (Å²) in [6.45, 7) is 0. The van der Waals surface area contributed by atoms with Crippen LogP contribution in [0.3, 0.4) is 0 Å². The van der Waals surface area contributed by atoms with Crippen molar-refractivity contribution >= 4 is 91.7 Å². The number of nitrogens with zero attached hydrogens (tertiary/aromatic N) is 1. The summed E-state index contributed by atoms with van der Waals surface area (Å²) in [6, 6.07) is 64.5. The first-order valence-electron chi connectivity index (χ1n) is 16.4. The smallest absolute Gasteiger partial charge is 0.0476 e. The van der Waals surface area contributed by atoms with Gasteiger partial charge in [-0.05, 0) is 96.7 Å². The van der Waals surface area contributed by atoms with Crippen molar-refractivity contribution < 1.29 is 0 Å². The molecule has 0 radical (unpaired) electrons. The topological polar surface area (TPSA) is 3.24 Å². The molecule has 0 aliphatic carbocycles. The van der Waals surface area contributed by atoms with E-state index in [-0.39, 0.29) is 0 Å². The highest BCUT2D eigenvalue weighted by molar-refractivity contribution is 7.26. The van der Waals surface area contributed by atoms with Crippen molar-refractivity contribution in [3.63, 3.8) is 0 Å². The zero-order valence-corrected chi connectivity index (χ0v) is 26.9. The molecule has 1 aromatic heterocycles. The summed E-state index contributed by atoms with van der Waals surface area (Å²) in [5.74, 6) is 0. The van der Waals surface area contributed by atoms with Crippen LogP contribution < -0.4 is 4.90 Å². The Morgan fingerprint density at radius 1 is 0.312 bits per heavy atom. The van der Waals surface area contributed by atoms with Crippen molar-refractivity contribution in [2.24, 2.45) is 0 Å². The van der Waals surface area contributed by atoms with Gasteiger partial charge in [0, 0.05) is 37.2 Å². The maximum atomic E-state index is 2.42. The normalized spacial score (nSPS) is 11.8. The van der Waals surface area contributed by atoms with Gasteiger partial charge in [-0.25, -0.2) is 0 Å². The molecule has 0 spiro atoms. The van der Waals surface area contributed by atoms with Crippen LogP contribution in [0.4, 0.5) is 17.1 Å². The lowest BCUT2D eigenvalue weighted by Gasteiger charge is -2.26. The fourth-order valence-electron chi connectivity index (χ4n) is 7.54. The minimum atomic E-state index is 1.13. The molecule has 0 N–H and O–H groups in total. The standard InChI is InChI=1S/C46H29NS/c1-2-9-30(10-3-1)34-13-8-14-36(27-34)47(38-23-25-42-44(29-38)48-43-26-21-32-12-5-7-16-40(32)46(42)43)37-22-24-41-35(28-37)20-19-33-18-17-31-11-4-6-15-39(31)45(33)41/h1-29H. The van der Waals surface area contributed by atoms with Crippen LogP contribution in [-0.4, -0.2) is 0 Å². The van der Waals surface area contributed by atoms with E-state index < -0.39 is 0 Å². The molecule has 9 aromatic carbocycles. The summed E-state index contributed by atoms with van der Waals surface area (Å²) in [6.07, 6.45) is 0. The summed E-state index contributed by atoms with van der Waals surface area (Å²) in [5, 5.41) is 12.9. The van der Waals surface area contributed by atoms with Crippen LogP contribution in [0.15, 0.2) is 176 Å². The maximum Gasteiger partial charge on any atom is 0.0476 e. The first-order chi connectivity index (χ1) is 23.8. The molecule has 1 nitrogen and oxygen atoms in total. The van der Waals surface area contributed by atoms with E-state index in [1.807, 2.05) is 11.3 Å². The number of anilines is 3. The Hall–Kier alpha value is -5.96. The van der Waals surface area contributed by atoms with Gasteiger partial charge in [-0.2, -0.15) is 0 Å². The Morgan fingerprint density at radius 2 is 0.896 bits per heavy atom. The summed E-state index contributed by atoms with van der Waals surface area (Å²) in [4.78, 5) is 2.42. The lowest BCUT2D eigenvalue weighted by Crippen LogP contribution is -2.10. The van der Waals surface area contributed by atoms with E-state index in [0.717, 1.165) is 17.1 Å². The molecule has 0 aliphatic heterocycles. The summed E-state index contributed by atoms with van der Waals surface area (Å²) in [5.41, 5.74) is 5.83. The fraction of sp³-hybridized carbons (Fsp3) is 0. The van der Waals surface area contributed by atoms with E-state index in [2.05, 4.69) is 181 Å². The van der Waals surface area contributed by atoms with Crippen molar-refractivity contribution in [3.05, 3.63) is 176 Å². The van der Waals surface area contributed by atoms with Crippen LogP contribution in [0.25, 0.3) is 74.4 Å². The summed E-state index contributed by atoms with van der Waals surface area (Å²) < 4.78 is 2.62. The van der Waals surface area contributed by atoms with Crippen molar-refractivity contribution in [1.29, 1.82) is 0 Å². The predicted octanol–water partition coefficient (Wildman–Crippen LogP) is 13.8. The van der Waals surface area contributed by atoms with Gasteiger partial charge < -0.3 is 4.90 Å². The predicted molar refractivity (Wildman–Crippen MR) is 209 cm³/mol. The highest BCUT2D eigenvalue weighted by Gasteiger charge is 2.17. The number of hydrogen-bond donors (Lipinski definition) is 0. The van der Waals surface area contributed by atoms with Gasteiger partial charge in [-0.3, -0.25) is 0 Å². The van der Waals surface area contributed by atoms with Gasteiger partial charge in [0.1, 0.15) is 0 Å². The van der Waals surface area contributed by atoms with Crippen molar-refractivity contribution in [2.45, 2.75) is 0 Å². The molecule has 1 heterocycles. The van der Waals surface area contributed by atoms with Gasteiger partial charge in [-0.15, -0.1) is 11.3 Å². The molecular weight excluding hydrogens is 599 g/mol. The maximum absolute atomic E-state index is 2.42. The minimum absolute atomic E-state index is 1.13. The molecule has 10 aromatic rings. The molecule has 0 saturated heterocycles. The third-order valence-corrected chi connectivity index (χ3v) is 10.9. The SMILES string of the molecule is c1ccc(-c2cccc(N(c3ccc4c(ccc5ccc6ccccc6c54)c3)c3ccc4c(c3)sc3ccc5ccccc5c34)c2)cc1. The van der Waals surface area contributed by atoms with E-state index >= 15 is 0 Å². The molecule has 0 bridgehead atoms. The quantitative estimate of drug-likeness (QED) is 0.176. The molecular formula is C46H29NS. The molecule has 0 aliphatic rings. The zero-order valence-electron chi connectivity index (χ0n) is 26.1. The summed E-state index contributed by atoms with van der Waals surface area (Å²) >= 11 is 1.88. The lowest BCUT2D eigenvalue weighted by molar-refractivity contribution is 1.30. The average molecular weight is 628 g/mol. The van der Waals surface area contributed by atoms with Crippen LogP contribution in [0.1, 0.15) is 0 Å². The summed E-state index contributed by atoms with van der Waals surface area (Å²) in [7, 11) is 0. The third-order valence-electron chi connectivity index (χ3n) is 9.78. The average Bonchev–Trinajstić information content (AvgIpc) is 3.54. The highest BCUT2D eigenvalue weighted by atomic mass is 32.1. The Kier molecular flexibility index (Phi) is 6.12. The van der Waals surface area contributed by atoms with E-state index in [1.54, 1.807) is 0 Å². The van der Waals surface area contributed by atoms with Crippen LogP contribution in [0.2, 0.25) is 0 Å². The molecule has 224 valence electrons. The number of rotatable bonds is 4. The number of thiophene rings is 1. The van der Waals surface area contributed by atoms with Gasteiger partial charge in [-0.1, -0.05) is 133 Å². The van der Waals surface area contributed by atoms with Crippen LogP contribution in [0, 0.1) is 0 Å². The molecule has 0 atom stereocenters. The van der Waals surface area contributed by atoms with Gasteiger partial charge in [0.15, 0.2) is 0 Å².